The van der Waals surface area contributed by atoms with Crippen molar-refractivity contribution in [3.63, 3.8) is 0 Å². The Balaban J connectivity index is 2.01. The molecule has 2 aliphatic rings. The molecule has 0 unspecified atom stereocenters. The maximum Gasteiger partial charge on any atom is 0.168 e. The highest BCUT2D eigenvalue weighted by molar-refractivity contribution is 4.89. The lowest BCUT2D eigenvalue weighted by Crippen LogP contribution is -2.47. The Morgan fingerprint density at radius 1 is 1.38 bits per heavy atom. The van der Waals surface area contributed by atoms with E-state index in [0.29, 0.717) is 13.2 Å². The molecule has 0 aromatic rings. The summed E-state index contributed by atoms with van der Waals surface area (Å²) in [5, 5.41) is 9.11. The molecule has 1 spiro atoms. The lowest BCUT2D eigenvalue weighted by Gasteiger charge is -2.38. The monoisotopic (exact) mass is 187 g/mol. The first kappa shape index (κ1) is 9.40. The Morgan fingerprint density at radius 2 is 2.08 bits per heavy atom. The highest BCUT2D eigenvalue weighted by Gasteiger charge is 2.43. The van der Waals surface area contributed by atoms with E-state index in [1.807, 2.05) is 0 Å². The summed E-state index contributed by atoms with van der Waals surface area (Å²) >= 11 is 0. The average Bonchev–Trinajstić information content (AvgIpc) is 2.59. The van der Waals surface area contributed by atoms with E-state index < -0.39 is 5.79 Å². The maximum atomic E-state index is 9.11. The van der Waals surface area contributed by atoms with Crippen LogP contribution in [0.5, 0.6) is 0 Å². The molecule has 2 fully saturated rings. The van der Waals surface area contributed by atoms with Crippen molar-refractivity contribution in [2.45, 2.75) is 31.1 Å². The van der Waals surface area contributed by atoms with Gasteiger partial charge in [0.1, 0.15) is 0 Å². The Kier molecular flexibility index (Phi) is 2.55. The maximum absolute atomic E-state index is 9.11. The van der Waals surface area contributed by atoms with Crippen LogP contribution in [0.1, 0.15) is 19.3 Å². The van der Waals surface area contributed by atoms with Gasteiger partial charge >= 0.3 is 0 Å². The summed E-state index contributed by atoms with van der Waals surface area (Å²) < 4.78 is 11.1. The smallest absolute Gasteiger partial charge is 0.168 e. The normalized spacial score (nSPS) is 38.3. The third kappa shape index (κ3) is 1.72. The molecule has 2 rings (SSSR count). The van der Waals surface area contributed by atoms with Crippen LogP contribution < -0.4 is 5.73 Å². The van der Waals surface area contributed by atoms with Crippen LogP contribution in [0.4, 0.5) is 0 Å². The topological polar surface area (TPSA) is 64.7 Å². The molecule has 1 aliphatic heterocycles. The van der Waals surface area contributed by atoms with E-state index in [1.54, 1.807) is 0 Å². The van der Waals surface area contributed by atoms with Crippen LogP contribution in [-0.2, 0) is 9.47 Å². The van der Waals surface area contributed by atoms with Gasteiger partial charge in [0.05, 0.1) is 13.2 Å². The van der Waals surface area contributed by atoms with Gasteiger partial charge in [-0.15, -0.1) is 0 Å². The van der Waals surface area contributed by atoms with Crippen LogP contribution in [0.2, 0.25) is 0 Å². The predicted molar refractivity (Wildman–Crippen MR) is 47.0 cm³/mol. The Bertz CT molecular complexity index is 180. The minimum Gasteiger partial charge on any atom is -0.396 e. The van der Waals surface area contributed by atoms with Crippen molar-refractivity contribution in [3.8, 4) is 0 Å². The Labute approximate surface area is 78.0 Å². The quantitative estimate of drug-likeness (QED) is 0.599. The highest BCUT2D eigenvalue weighted by Crippen LogP contribution is 2.37. The third-order valence-corrected chi connectivity index (χ3v) is 3.09. The largest absolute Gasteiger partial charge is 0.396 e. The van der Waals surface area contributed by atoms with Crippen molar-refractivity contribution in [2.24, 2.45) is 11.7 Å². The van der Waals surface area contributed by atoms with Gasteiger partial charge in [-0.05, 0) is 6.42 Å². The highest BCUT2D eigenvalue weighted by atomic mass is 16.7. The standard InChI is InChI=1S/C9H17NO3/c10-8-1-2-9(5-7(8)6-11)12-3-4-13-9/h7-8,11H,1-6,10H2/t7-,8-/m0/s1. The van der Waals surface area contributed by atoms with Crippen molar-refractivity contribution in [1.29, 1.82) is 0 Å². The fourth-order valence-corrected chi connectivity index (χ4v) is 2.23. The first-order valence-corrected chi connectivity index (χ1v) is 4.90. The number of hydrogen-bond donors (Lipinski definition) is 2. The van der Waals surface area contributed by atoms with Gasteiger partial charge in [-0.1, -0.05) is 0 Å². The minimum absolute atomic E-state index is 0.100. The van der Waals surface area contributed by atoms with Crippen LogP contribution in [0, 0.1) is 5.92 Å². The molecule has 0 bridgehead atoms. The van der Waals surface area contributed by atoms with Crippen LogP contribution in [0.15, 0.2) is 0 Å². The molecule has 1 saturated carbocycles. The fraction of sp³-hybridized carbons (Fsp3) is 1.00. The SMILES string of the molecule is N[C@H]1CCC2(C[C@H]1CO)OCCO2. The van der Waals surface area contributed by atoms with Gasteiger partial charge in [-0.25, -0.2) is 0 Å². The fourth-order valence-electron chi connectivity index (χ4n) is 2.23. The van der Waals surface area contributed by atoms with Crippen molar-refractivity contribution in [2.75, 3.05) is 19.8 Å². The molecule has 1 saturated heterocycles. The van der Waals surface area contributed by atoms with Gasteiger partial charge in [-0.3, -0.25) is 0 Å². The molecule has 0 amide bonds. The molecule has 0 radical (unpaired) electrons. The van der Waals surface area contributed by atoms with Crippen molar-refractivity contribution < 1.29 is 14.6 Å². The zero-order valence-electron chi connectivity index (χ0n) is 7.74. The number of aliphatic hydroxyl groups excluding tert-OH is 1. The predicted octanol–water partition coefficient (Wildman–Crippen LogP) is -0.151. The van der Waals surface area contributed by atoms with Gasteiger partial charge < -0.3 is 20.3 Å². The second kappa shape index (κ2) is 3.53. The Hall–Kier alpha value is -0.160. The lowest BCUT2D eigenvalue weighted by atomic mass is 9.81. The van der Waals surface area contributed by atoms with Crippen LogP contribution in [0.3, 0.4) is 0 Å². The molecule has 76 valence electrons. The minimum atomic E-state index is -0.413. The first-order chi connectivity index (χ1) is 6.26. The molecule has 13 heavy (non-hydrogen) atoms. The van der Waals surface area contributed by atoms with E-state index in [9.17, 15) is 0 Å². The van der Waals surface area contributed by atoms with Crippen LogP contribution in [-0.4, -0.2) is 36.8 Å². The summed E-state index contributed by atoms with van der Waals surface area (Å²) in [6, 6.07) is 0.100. The summed E-state index contributed by atoms with van der Waals surface area (Å²) in [6.07, 6.45) is 2.49. The number of rotatable bonds is 1. The summed E-state index contributed by atoms with van der Waals surface area (Å²) in [6.45, 7) is 1.48. The summed E-state index contributed by atoms with van der Waals surface area (Å²) in [5.41, 5.74) is 5.87. The van der Waals surface area contributed by atoms with Crippen molar-refractivity contribution in [1.82, 2.24) is 0 Å². The molecular formula is C9H17NO3. The van der Waals surface area contributed by atoms with Crippen molar-refractivity contribution in [3.05, 3.63) is 0 Å². The molecule has 0 aromatic carbocycles. The van der Waals surface area contributed by atoms with Gasteiger partial charge in [0.2, 0.25) is 0 Å². The van der Waals surface area contributed by atoms with E-state index in [0.717, 1.165) is 19.3 Å². The molecule has 3 N–H and O–H groups in total. The number of ether oxygens (including phenoxy) is 2. The summed E-state index contributed by atoms with van der Waals surface area (Å²) in [5.74, 6) is -0.282. The molecule has 4 heteroatoms. The first-order valence-electron chi connectivity index (χ1n) is 4.90. The second-order valence-electron chi connectivity index (χ2n) is 3.96. The van der Waals surface area contributed by atoms with E-state index in [4.69, 9.17) is 20.3 Å². The van der Waals surface area contributed by atoms with Gasteiger partial charge in [0.15, 0.2) is 5.79 Å². The summed E-state index contributed by atoms with van der Waals surface area (Å²) in [7, 11) is 0. The average molecular weight is 187 g/mol. The summed E-state index contributed by atoms with van der Waals surface area (Å²) in [4.78, 5) is 0. The molecule has 2 atom stereocenters. The third-order valence-electron chi connectivity index (χ3n) is 3.09. The van der Waals surface area contributed by atoms with Gasteiger partial charge in [0, 0.05) is 31.4 Å². The van der Waals surface area contributed by atoms with E-state index in [-0.39, 0.29) is 18.6 Å². The zero-order chi connectivity index (χ0) is 9.31. The molecular weight excluding hydrogens is 170 g/mol. The van der Waals surface area contributed by atoms with E-state index in [1.165, 1.54) is 0 Å². The van der Waals surface area contributed by atoms with Crippen molar-refractivity contribution >= 4 is 0 Å². The second-order valence-corrected chi connectivity index (χ2v) is 3.96. The van der Waals surface area contributed by atoms with Crippen LogP contribution >= 0.6 is 0 Å². The number of nitrogens with two attached hydrogens (primary N) is 1. The molecule has 1 heterocycles. The van der Waals surface area contributed by atoms with Gasteiger partial charge in [0.25, 0.3) is 0 Å². The van der Waals surface area contributed by atoms with Gasteiger partial charge in [-0.2, -0.15) is 0 Å². The zero-order valence-corrected chi connectivity index (χ0v) is 7.74. The molecule has 0 aromatic heterocycles. The van der Waals surface area contributed by atoms with E-state index >= 15 is 0 Å². The molecule has 4 nitrogen and oxygen atoms in total. The molecule has 1 aliphatic carbocycles. The number of hydrogen-bond acceptors (Lipinski definition) is 4. The lowest BCUT2D eigenvalue weighted by molar-refractivity contribution is -0.192. The Morgan fingerprint density at radius 3 is 2.69 bits per heavy atom. The van der Waals surface area contributed by atoms with Crippen LogP contribution in [0.25, 0.3) is 0 Å². The number of aliphatic hydroxyl groups is 1. The van der Waals surface area contributed by atoms with E-state index in [2.05, 4.69) is 0 Å².